The number of aryl methyl sites for hydroxylation is 1. The molecule has 0 saturated carbocycles. The van der Waals surface area contributed by atoms with Crippen molar-refractivity contribution in [2.45, 2.75) is 13.0 Å². The van der Waals surface area contributed by atoms with Crippen LogP contribution < -0.4 is 11.1 Å². The Morgan fingerprint density at radius 1 is 1.53 bits per heavy atom. The van der Waals surface area contributed by atoms with Crippen LogP contribution in [0.4, 0.5) is 4.39 Å². The van der Waals surface area contributed by atoms with Gasteiger partial charge in [-0.1, -0.05) is 12.1 Å². The summed E-state index contributed by atoms with van der Waals surface area (Å²) in [5, 5.41) is 2.39. The van der Waals surface area contributed by atoms with Gasteiger partial charge in [-0.15, -0.1) is 0 Å². The zero-order valence-corrected chi connectivity index (χ0v) is 8.12. The number of amides is 1. The molecule has 0 saturated heterocycles. The Morgan fingerprint density at radius 2 is 2.27 bits per heavy atom. The van der Waals surface area contributed by atoms with Gasteiger partial charge in [0.25, 0.3) is 5.91 Å². The molecule has 1 heterocycles. The van der Waals surface area contributed by atoms with Crippen molar-refractivity contribution in [2.24, 2.45) is 10.7 Å². The maximum Gasteiger partial charge on any atom is 0.256 e. The first kappa shape index (κ1) is 9.64. The van der Waals surface area contributed by atoms with Gasteiger partial charge in [-0.05, 0) is 24.1 Å². The summed E-state index contributed by atoms with van der Waals surface area (Å²) in [6, 6.07) is 3.81. The smallest absolute Gasteiger partial charge is 0.256 e. The standard InChI is InChI=1S/C10H10FN3O/c1-5-4-6(2-3-7(5)11)8-9(15)14-10(12)13-8/h2-4,8H,1H3,(H3,12,13,14,15). The predicted molar refractivity (Wildman–Crippen MR) is 53.6 cm³/mol. The predicted octanol–water partition coefficient (Wildman–Crippen LogP) is 0.620. The molecule has 1 aliphatic heterocycles. The van der Waals surface area contributed by atoms with Gasteiger partial charge in [-0.25, -0.2) is 9.38 Å². The van der Waals surface area contributed by atoms with Gasteiger partial charge >= 0.3 is 0 Å². The van der Waals surface area contributed by atoms with Gasteiger partial charge in [0.1, 0.15) is 5.82 Å². The Labute approximate surface area is 86.0 Å². The second-order valence-corrected chi connectivity index (χ2v) is 3.41. The van der Waals surface area contributed by atoms with Crippen molar-refractivity contribution in [1.82, 2.24) is 5.32 Å². The molecule has 1 amide bonds. The molecule has 0 aliphatic carbocycles. The van der Waals surface area contributed by atoms with Crippen LogP contribution in [0.3, 0.4) is 0 Å². The summed E-state index contributed by atoms with van der Waals surface area (Å²) >= 11 is 0. The van der Waals surface area contributed by atoms with Crippen LogP contribution in [-0.4, -0.2) is 11.9 Å². The number of aliphatic imine (C=N–C) groups is 1. The van der Waals surface area contributed by atoms with Crippen LogP contribution in [0.2, 0.25) is 0 Å². The zero-order chi connectivity index (χ0) is 11.0. The third-order valence-electron chi connectivity index (χ3n) is 2.27. The summed E-state index contributed by atoms with van der Waals surface area (Å²) in [6.07, 6.45) is 0. The van der Waals surface area contributed by atoms with Crippen LogP contribution in [0.1, 0.15) is 17.2 Å². The van der Waals surface area contributed by atoms with E-state index in [9.17, 15) is 9.18 Å². The minimum absolute atomic E-state index is 0.104. The molecule has 0 radical (unpaired) electrons. The molecule has 3 N–H and O–H groups in total. The monoisotopic (exact) mass is 207 g/mol. The SMILES string of the molecule is Cc1cc(C2N=C(N)NC2=O)ccc1F. The fourth-order valence-corrected chi connectivity index (χ4v) is 1.49. The van der Waals surface area contributed by atoms with Crippen LogP contribution in [0.15, 0.2) is 23.2 Å². The first-order valence-electron chi connectivity index (χ1n) is 4.48. The molecule has 2 rings (SSSR count). The van der Waals surface area contributed by atoms with Crippen LogP contribution >= 0.6 is 0 Å². The van der Waals surface area contributed by atoms with E-state index in [1.165, 1.54) is 12.1 Å². The first-order valence-corrected chi connectivity index (χ1v) is 4.48. The summed E-state index contributed by atoms with van der Waals surface area (Å²) in [6.45, 7) is 1.64. The number of hydrogen-bond acceptors (Lipinski definition) is 3. The Kier molecular flexibility index (Phi) is 2.15. The van der Waals surface area contributed by atoms with Crippen LogP contribution in [0, 0.1) is 12.7 Å². The molecule has 0 spiro atoms. The van der Waals surface area contributed by atoms with Gasteiger partial charge in [-0.3, -0.25) is 10.1 Å². The lowest BCUT2D eigenvalue weighted by Gasteiger charge is -2.06. The van der Waals surface area contributed by atoms with E-state index in [2.05, 4.69) is 10.3 Å². The normalized spacial score (nSPS) is 20.0. The molecule has 78 valence electrons. The second kappa shape index (κ2) is 3.34. The van der Waals surface area contributed by atoms with E-state index in [-0.39, 0.29) is 17.7 Å². The lowest BCUT2D eigenvalue weighted by atomic mass is 10.0. The third kappa shape index (κ3) is 1.68. The molecule has 1 aromatic carbocycles. The average Bonchev–Trinajstić information content (AvgIpc) is 2.50. The fraction of sp³-hybridized carbons (Fsp3) is 0.200. The molecular weight excluding hydrogens is 197 g/mol. The Bertz CT molecular complexity index is 456. The van der Waals surface area contributed by atoms with Crippen LogP contribution in [0.25, 0.3) is 0 Å². The van der Waals surface area contributed by atoms with Crippen molar-refractivity contribution >= 4 is 11.9 Å². The van der Waals surface area contributed by atoms with Gasteiger partial charge in [-0.2, -0.15) is 0 Å². The summed E-state index contributed by atoms with van der Waals surface area (Å²) in [7, 11) is 0. The highest BCUT2D eigenvalue weighted by atomic mass is 19.1. The van der Waals surface area contributed by atoms with Gasteiger partial charge in [0.05, 0.1) is 0 Å². The zero-order valence-electron chi connectivity index (χ0n) is 8.12. The third-order valence-corrected chi connectivity index (χ3v) is 2.27. The molecule has 0 aromatic heterocycles. The number of carbonyl (C=O) groups excluding carboxylic acids is 1. The molecule has 1 aliphatic rings. The molecule has 15 heavy (non-hydrogen) atoms. The van der Waals surface area contributed by atoms with Gasteiger partial charge in [0.15, 0.2) is 12.0 Å². The summed E-state index contributed by atoms with van der Waals surface area (Å²) in [5.74, 6) is -0.473. The Hall–Kier alpha value is -1.91. The number of nitrogens with zero attached hydrogens (tertiary/aromatic N) is 1. The highest BCUT2D eigenvalue weighted by Gasteiger charge is 2.26. The quantitative estimate of drug-likeness (QED) is 0.708. The molecular formula is C10H10FN3O. The second-order valence-electron chi connectivity index (χ2n) is 3.41. The van der Waals surface area contributed by atoms with E-state index in [0.29, 0.717) is 11.1 Å². The largest absolute Gasteiger partial charge is 0.370 e. The number of benzene rings is 1. The van der Waals surface area contributed by atoms with E-state index in [4.69, 9.17) is 5.73 Å². The van der Waals surface area contributed by atoms with Crippen LogP contribution in [-0.2, 0) is 4.79 Å². The number of nitrogens with one attached hydrogen (secondary N) is 1. The van der Waals surface area contributed by atoms with Crippen molar-refractivity contribution in [3.8, 4) is 0 Å². The molecule has 5 heteroatoms. The number of guanidine groups is 1. The van der Waals surface area contributed by atoms with Crippen molar-refractivity contribution in [3.63, 3.8) is 0 Å². The van der Waals surface area contributed by atoms with Crippen LogP contribution in [0.5, 0.6) is 0 Å². The Morgan fingerprint density at radius 3 is 2.80 bits per heavy atom. The maximum absolute atomic E-state index is 13.0. The lowest BCUT2D eigenvalue weighted by molar-refractivity contribution is -0.120. The molecule has 0 bridgehead atoms. The summed E-state index contributed by atoms with van der Waals surface area (Å²) in [5.41, 5.74) is 6.50. The highest BCUT2D eigenvalue weighted by Crippen LogP contribution is 2.22. The van der Waals surface area contributed by atoms with Crippen molar-refractivity contribution < 1.29 is 9.18 Å². The number of nitrogens with two attached hydrogens (primary N) is 1. The molecule has 1 unspecified atom stereocenters. The maximum atomic E-state index is 13.0. The molecule has 0 fully saturated rings. The summed E-state index contributed by atoms with van der Waals surface area (Å²) < 4.78 is 13.0. The van der Waals surface area contributed by atoms with E-state index in [0.717, 1.165) is 0 Å². The van der Waals surface area contributed by atoms with Crippen molar-refractivity contribution in [2.75, 3.05) is 0 Å². The van der Waals surface area contributed by atoms with Gasteiger partial charge in [0.2, 0.25) is 0 Å². The fourth-order valence-electron chi connectivity index (χ4n) is 1.49. The summed E-state index contributed by atoms with van der Waals surface area (Å²) in [4.78, 5) is 15.3. The van der Waals surface area contributed by atoms with Crippen molar-refractivity contribution in [1.29, 1.82) is 0 Å². The molecule has 1 atom stereocenters. The highest BCUT2D eigenvalue weighted by molar-refractivity contribution is 6.04. The molecule has 4 nitrogen and oxygen atoms in total. The van der Waals surface area contributed by atoms with Gasteiger partial charge < -0.3 is 5.73 Å². The first-order chi connectivity index (χ1) is 7.08. The number of rotatable bonds is 1. The van der Waals surface area contributed by atoms with E-state index in [1.54, 1.807) is 13.0 Å². The molecule has 1 aromatic rings. The average molecular weight is 207 g/mol. The number of carbonyl (C=O) groups is 1. The topological polar surface area (TPSA) is 67.5 Å². The lowest BCUT2D eigenvalue weighted by Crippen LogP contribution is -2.31. The Balaban J connectivity index is 2.38. The minimum atomic E-state index is -0.649. The number of hydrogen-bond donors (Lipinski definition) is 2. The van der Waals surface area contributed by atoms with E-state index >= 15 is 0 Å². The van der Waals surface area contributed by atoms with Crippen molar-refractivity contribution in [3.05, 3.63) is 35.1 Å². The number of halogens is 1. The van der Waals surface area contributed by atoms with E-state index < -0.39 is 6.04 Å². The van der Waals surface area contributed by atoms with E-state index in [1.807, 2.05) is 0 Å². The minimum Gasteiger partial charge on any atom is -0.370 e. The van der Waals surface area contributed by atoms with Gasteiger partial charge in [0, 0.05) is 0 Å².